The van der Waals surface area contributed by atoms with E-state index in [0.29, 0.717) is 6.42 Å². The van der Waals surface area contributed by atoms with Crippen LogP contribution in [0, 0.1) is 0 Å². The van der Waals surface area contributed by atoms with Crippen molar-refractivity contribution >= 4 is 17.2 Å². The summed E-state index contributed by atoms with van der Waals surface area (Å²) in [4.78, 5) is 10.9. The molecule has 0 spiro atoms. The number of aryl methyl sites for hydroxylation is 1. The van der Waals surface area contributed by atoms with E-state index in [1.54, 1.807) is 4.72 Å². The van der Waals surface area contributed by atoms with Crippen molar-refractivity contribution in [1.82, 2.24) is 4.72 Å². The van der Waals surface area contributed by atoms with Crippen LogP contribution in [0.4, 0.5) is 0 Å². The Morgan fingerprint density at radius 2 is 2.00 bits per heavy atom. The minimum atomic E-state index is -2.49. The van der Waals surface area contributed by atoms with Crippen molar-refractivity contribution in [3.8, 4) is 0 Å². The van der Waals surface area contributed by atoms with E-state index in [1.165, 1.54) is 0 Å². The lowest BCUT2D eigenvalue weighted by Gasteiger charge is -2.06. The molecule has 0 saturated carbocycles. The van der Waals surface area contributed by atoms with Crippen molar-refractivity contribution in [2.45, 2.75) is 19.3 Å². The van der Waals surface area contributed by atoms with Gasteiger partial charge in [0.2, 0.25) is 5.91 Å². The van der Waals surface area contributed by atoms with Gasteiger partial charge in [-0.3, -0.25) is 13.7 Å². The summed E-state index contributed by atoms with van der Waals surface area (Å²) in [6.45, 7) is 0. The summed E-state index contributed by atoms with van der Waals surface area (Å²) in [7, 11) is 0. The predicted octanol–water partition coefficient (Wildman–Crippen LogP) is 0.920. The van der Waals surface area contributed by atoms with Crippen molar-refractivity contribution in [2.75, 3.05) is 0 Å². The highest BCUT2D eigenvalue weighted by Crippen LogP contribution is 2.04. The van der Waals surface area contributed by atoms with Crippen molar-refractivity contribution in [3.63, 3.8) is 0 Å². The lowest BCUT2D eigenvalue weighted by molar-refractivity contribution is -0.119. The Hall–Kier alpha value is -1.20. The molecule has 1 aromatic rings. The molecule has 0 bridgehead atoms. The van der Waals surface area contributed by atoms with Gasteiger partial charge in [-0.15, -0.1) is 0 Å². The summed E-state index contributed by atoms with van der Waals surface area (Å²) in [5.41, 5.74) is 1.15. The third-order valence-corrected chi connectivity index (χ3v) is 2.30. The molecule has 1 amide bonds. The number of carbonyl (C=O) groups excluding carboxylic acids is 1. The highest BCUT2D eigenvalue weighted by Gasteiger charge is 2.00. The van der Waals surface area contributed by atoms with Gasteiger partial charge in [0, 0.05) is 17.7 Å². The maximum atomic E-state index is 10.9. The molecule has 0 aliphatic carbocycles. The first kappa shape index (κ1) is 11.9. The highest BCUT2D eigenvalue weighted by atomic mass is 32.2. The van der Waals surface area contributed by atoms with E-state index in [0.717, 1.165) is 12.0 Å². The molecule has 1 rings (SSSR count). The van der Waals surface area contributed by atoms with Crippen LogP contribution in [0.2, 0.25) is 0 Å². The highest BCUT2D eigenvalue weighted by molar-refractivity contribution is 7.77. The van der Waals surface area contributed by atoms with E-state index in [-0.39, 0.29) is 6.42 Å². The second-order valence-electron chi connectivity index (χ2n) is 3.10. The number of carbonyl (C=O) groups is 1. The maximum absolute atomic E-state index is 10.9. The minimum Gasteiger partial charge on any atom is -0.755 e. The van der Waals surface area contributed by atoms with Crippen LogP contribution in [-0.2, 0) is 22.5 Å². The molecule has 0 aromatic heterocycles. The zero-order valence-corrected chi connectivity index (χ0v) is 8.96. The molecule has 4 nitrogen and oxygen atoms in total. The summed E-state index contributed by atoms with van der Waals surface area (Å²) in [5, 5.41) is 0. The van der Waals surface area contributed by atoms with E-state index < -0.39 is 17.2 Å². The van der Waals surface area contributed by atoms with Crippen molar-refractivity contribution in [2.24, 2.45) is 0 Å². The van der Waals surface area contributed by atoms with Crippen molar-refractivity contribution < 1.29 is 13.6 Å². The van der Waals surface area contributed by atoms with Crippen LogP contribution in [0.15, 0.2) is 30.3 Å². The molecular weight excluding hydrogens is 214 g/mol. The third kappa shape index (κ3) is 5.29. The van der Waals surface area contributed by atoms with Gasteiger partial charge < -0.3 is 4.55 Å². The summed E-state index contributed by atoms with van der Waals surface area (Å²) < 4.78 is 22.0. The summed E-state index contributed by atoms with van der Waals surface area (Å²) in [6, 6.07) is 9.74. The Morgan fingerprint density at radius 3 is 2.60 bits per heavy atom. The van der Waals surface area contributed by atoms with E-state index in [4.69, 9.17) is 0 Å². The average molecular weight is 226 g/mol. The fourth-order valence-corrected chi connectivity index (χ4v) is 1.53. The number of amides is 1. The summed E-state index contributed by atoms with van der Waals surface area (Å²) in [5.74, 6) is -0.459. The first-order valence-electron chi connectivity index (χ1n) is 4.61. The fourth-order valence-electron chi connectivity index (χ4n) is 1.24. The zero-order chi connectivity index (χ0) is 11.1. The quantitative estimate of drug-likeness (QED) is 0.759. The van der Waals surface area contributed by atoms with E-state index in [1.807, 2.05) is 30.3 Å². The standard InChI is InChI=1S/C10H13NO3S/c12-10(11-15(13)14)8-4-7-9-5-2-1-3-6-9/h1-3,5-6H,4,7-8H2,(H,11,12)(H,13,14)/p-1. The van der Waals surface area contributed by atoms with Crippen LogP contribution < -0.4 is 4.72 Å². The van der Waals surface area contributed by atoms with Gasteiger partial charge >= 0.3 is 0 Å². The molecule has 0 radical (unpaired) electrons. The second kappa shape index (κ2) is 6.31. The van der Waals surface area contributed by atoms with Crippen molar-refractivity contribution in [3.05, 3.63) is 35.9 Å². The molecule has 82 valence electrons. The van der Waals surface area contributed by atoms with Crippen LogP contribution in [-0.4, -0.2) is 14.7 Å². The number of hydrogen-bond acceptors (Lipinski definition) is 3. The maximum Gasteiger partial charge on any atom is 0.230 e. The summed E-state index contributed by atoms with van der Waals surface area (Å²) in [6.07, 6.45) is 1.65. The van der Waals surface area contributed by atoms with Crippen LogP contribution in [0.3, 0.4) is 0 Å². The lowest BCUT2D eigenvalue weighted by atomic mass is 10.1. The smallest absolute Gasteiger partial charge is 0.230 e. The molecule has 0 fully saturated rings. The molecule has 0 saturated heterocycles. The molecule has 0 aliphatic heterocycles. The van der Waals surface area contributed by atoms with E-state index >= 15 is 0 Å². The van der Waals surface area contributed by atoms with Crippen LogP contribution in [0.25, 0.3) is 0 Å². The summed E-state index contributed by atoms with van der Waals surface area (Å²) >= 11 is -2.49. The largest absolute Gasteiger partial charge is 0.755 e. The third-order valence-electron chi connectivity index (χ3n) is 1.91. The minimum absolute atomic E-state index is 0.225. The average Bonchev–Trinajstić information content (AvgIpc) is 2.18. The Bertz CT molecular complexity index is 340. The predicted molar refractivity (Wildman–Crippen MR) is 56.4 cm³/mol. The zero-order valence-electron chi connectivity index (χ0n) is 8.14. The van der Waals surface area contributed by atoms with Crippen LogP contribution in [0.5, 0.6) is 0 Å². The Balaban J connectivity index is 2.22. The van der Waals surface area contributed by atoms with E-state index in [9.17, 15) is 13.6 Å². The van der Waals surface area contributed by atoms with Crippen LogP contribution in [0.1, 0.15) is 18.4 Å². The monoisotopic (exact) mass is 226 g/mol. The Labute approximate surface area is 91.1 Å². The molecule has 15 heavy (non-hydrogen) atoms. The van der Waals surface area contributed by atoms with Crippen LogP contribution >= 0.6 is 0 Å². The first-order chi connectivity index (χ1) is 7.18. The van der Waals surface area contributed by atoms with E-state index in [2.05, 4.69) is 0 Å². The molecule has 1 atom stereocenters. The van der Waals surface area contributed by atoms with Gasteiger partial charge in [0.05, 0.1) is 0 Å². The van der Waals surface area contributed by atoms with Gasteiger partial charge in [-0.25, -0.2) is 0 Å². The SMILES string of the molecule is O=C(CCCc1ccccc1)NS(=O)[O-]. The first-order valence-corrected chi connectivity index (χ1v) is 5.68. The molecule has 0 aliphatic rings. The Kier molecular flexibility index (Phi) is 5.00. The van der Waals surface area contributed by atoms with Gasteiger partial charge in [0.1, 0.15) is 0 Å². The molecule has 1 aromatic carbocycles. The van der Waals surface area contributed by atoms with Gasteiger partial charge in [-0.05, 0) is 18.4 Å². The molecule has 0 heterocycles. The van der Waals surface area contributed by atoms with Gasteiger partial charge in [0.25, 0.3) is 0 Å². The number of rotatable bonds is 5. The van der Waals surface area contributed by atoms with Gasteiger partial charge in [0.15, 0.2) is 0 Å². The number of nitrogens with one attached hydrogen (secondary N) is 1. The Morgan fingerprint density at radius 1 is 1.33 bits per heavy atom. The lowest BCUT2D eigenvalue weighted by Crippen LogP contribution is -2.24. The number of hydrogen-bond donors (Lipinski definition) is 1. The molecule has 5 heteroatoms. The molecule has 1 unspecified atom stereocenters. The molecule has 1 N–H and O–H groups in total. The topological polar surface area (TPSA) is 69.2 Å². The normalized spacial score (nSPS) is 12.1. The second-order valence-corrected chi connectivity index (χ2v) is 3.77. The molecular formula is C10H12NO3S-. The van der Waals surface area contributed by atoms with Gasteiger partial charge in [-0.1, -0.05) is 30.3 Å². The fraction of sp³-hybridized carbons (Fsp3) is 0.300. The van der Waals surface area contributed by atoms with Crippen molar-refractivity contribution in [1.29, 1.82) is 0 Å². The number of benzene rings is 1. The van der Waals surface area contributed by atoms with Gasteiger partial charge in [-0.2, -0.15) is 0 Å².